The zero-order chi connectivity index (χ0) is 15.2. The summed E-state index contributed by atoms with van der Waals surface area (Å²) in [4.78, 5) is 4.80. The first-order chi connectivity index (χ1) is 11.4. The average Bonchev–Trinajstić information content (AvgIpc) is 2.97. The lowest BCUT2D eigenvalue weighted by molar-refractivity contribution is 0.394. The van der Waals surface area contributed by atoms with Gasteiger partial charge in [0.2, 0.25) is 0 Å². The van der Waals surface area contributed by atoms with Crippen LogP contribution in [0.3, 0.4) is 0 Å². The van der Waals surface area contributed by atoms with Crippen molar-refractivity contribution >= 4 is 16.6 Å². The number of aromatic nitrogens is 3. The van der Waals surface area contributed by atoms with Crippen LogP contribution in [0.4, 0.5) is 5.69 Å². The van der Waals surface area contributed by atoms with Crippen LogP contribution in [0.5, 0.6) is 0 Å². The normalized spacial score (nSPS) is 23.1. The summed E-state index contributed by atoms with van der Waals surface area (Å²) >= 11 is 0. The van der Waals surface area contributed by atoms with E-state index in [0.717, 1.165) is 29.6 Å². The highest BCUT2D eigenvalue weighted by atomic mass is 15.1. The van der Waals surface area contributed by atoms with E-state index in [1.165, 1.54) is 29.7 Å². The number of allylic oxidation sites excluding steroid dienone is 2. The Morgan fingerprint density at radius 1 is 1.13 bits per heavy atom. The van der Waals surface area contributed by atoms with Gasteiger partial charge >= 0.3 is 0 Å². The summed E-state index contributed by atoms with van der Waals surface area (Å²) in [5, 5.41) is 13.2. The molecule has 0 aromatic carbocycles. The van der Waals surface area contributed by atoms with E-state index < -0.39 is 0 Å². The Kier molecular flexibility index (Phi) is 2.83. The van der Waals surface area contributed by atoms with E-state index in [4.69, 9.17) is 4.98 Å². The van der Waals surface area contributed by atoms with Crippen molar-refractivity contribution in [2.24, 2.45) is 5.92 Å². The molecule has 4 heteroatoms. The van der Waals surface area contributed by atoms with E-state index in [9.17, 15) is 0 Å². The topological polar surface area (TPSA) is 50.7 Å². The number of rotatable bonds is 1. The van der Waals surface area contributed by atoms with Gasteiger partial charge in [0.05, 0.1) is 17.6 Å². The zero-order valence-electron chi connectivity index (χ0n) is 12.9. The highest BCUT2D eigenvalue weighted by molar-refractivity contribution is 6.00. The maximum atomic E-state index is 4.80. The molecule has 23 heavy (non-hydrogen) atoms. The number of nitrogens with zero attached hydrogens (tertiary/aromatic N) is 3. The first-order valence-corrected chi connectivity index (χ1v) is 8.34. The standard InChI is InChI=1S/C19H18N4/c1-2-4-12(5-3-1)15-11-21-19-16-14(10-20-18(15)16)7-6-13-8-9-22-23-17(13)19/h1-2,6-10,12,15,21H,3-5,11H2. The third-order valence-corrected chi connectivity index (χ3v) is 5.30. The molecule has 0 saturated heterocycles. The van der Waals surface area contributed by atoms with Crippen LogP contribution in [-0.4, -0.2) is 21.7 Å². The molecule has 2 unspecified atom stereocenters. The molecule has 0 radical (unpaired) electrons. The third kappa shape index (κ3) is 1.94. The van der Waals surface area contributed by atoms with Crippen molar-refractivity contribution in [3.05, 3.63) is 48.4 Å². The van der Waals surface area contributed by atoms with Gasteiger partial charge in [-0.1, -0.05) is 24.3 Å². The summed E-state index contributed by atoms with van der Waals surface area (Å²) in [6.07, 6.45) is 12.0. The molecule has 0 amide bonds. The van der Waals surface area contributed by atoms with Crippen LogP contribution in [-0.2, 0) is 0 Å². The van der Waals surface area contributed by atoms with Crippen molar-refractivity contribution in [2.75, 3.05) is 11.9 Å². The van der Waals surface area contributed by atoms with Crippen molar-refractivity contribution in [3.63, 3.8) is 0 Å². The molecule has 5 rings (SSSR count). The molecule has 1 aromatic rings. The fourth-order valence-electron chi connectivity index (χ4n) is 4.12. The lowest BCUT2D eigenvalue weighted by Crippen LogP contribution is -2.26. The summed E-state index contributed by atoms with van der Waals surface area (Å²) in [5.41, 5.74) is 5.72. The Morgan fingerprint density at radius 3 is 3.04 bits per heavy atom. The van der Waals surface area contributed by atoms with Gasteiger partial charge in [-0.2, -0.15) is 5.10 Å². The maximum absolute atomic E-state index is 4.80. The summed E-state index contributed by atoms with van der Waals surface area (Å²) in [7, 11) is 0. The molecule has 2 aliphatic carbocycles. The van der Waals surface area contributed by atoms with E-state index in [-0.39, 0.29) is 0 Å². The Balaban J connectivity index is 1.73. The lowest BCUT2D eigenvalue weighted by atomic mass is 9.78. The van der Waals surface area contributed by atoms with Crippen LogP contribution in [0.15, 0.2) is 42.7 Å². The Labute approximate surface area is 135 Å². The first-order valence-electron chi connectivity index (χ1n) is 8.34. The van der Waals surface area contributed by atoms with Crippen molar-refractivity contribution in [2.45, 2.75) is 25.2 Å². The monoisotopic (exact) mass is 302 g/mol. The molecule has 3 heterocycles. The molecule has 2 aliphatic heterocycles. The Morgan fingerprint density at radius 2 is 2.13 bits per heavy atom. The smallest absolute Gasteiger partial charge is 0.117 e. The molecule has 1 N–H and O–H groups in total. The van der Waals surface area contributed by atoms with Crippen LogP contribution >= 0.6 is 0 Å². The van der Waals surface area contributed by atoms with E-state index in [2.05, 4.69) is 39.8 Å². The van der Waals surface area contributed by atoms with Crippen molar-refractivity contribution in [1.82, 2.24) is 15.2 Å². The largest absolute Gasteiger partial charge is 0.382 e. The van der Waals surface area contributed by atoms with Gasteiger partial charge < -0.3 is 5.32 Å². The van der Waals surface area contributed by atoms with Gasteiger partial charge in [0, 0.05) is 35.2 Å². The number of hydrogen-bond acceptors (Lipinski definition) is 4. The number of hydrogen-bond donors (Lipinski definition) is 1. The summed E-state index contributed by atoms with van der Waals surface area (Å²) in [6, 6.07) is 6.29. The molecule has 0 spiro atoms. The Hall–Kier alpha value is -2.49. The molecule has 0 fully saturated rings. The molecule has 4 nitrogen and oxygen atoms in total. The van der Waals surface area contributed by atoms with Crippen LogP contribution in [0.1, 0.15) is 30.9 Å². The van der Waals surface area contributed by atoms with Gasteiger partial charge in [0.1, 0.15) is 5.52 Å². The van der Waals surface area contributed by atoms with E-state index in [1.54, 1.807) is 6.20 Å². The first kappa shape index (κ1) is 13.0. The zero-order valence-corrected chi connectivity index (χ0v) is 12.9. The Bertz CT molecular complexity index is 886. The molecule has 0 saturated carbocycles. The third-order valence-electron chi connectivity index (χ3n) is 5.30. The lowest BCUT2D eigenvalue weighted by Gasteiger charge is -2.32. The average molecular weight is 302 g/mol. The fraction of sp³-hybridized carbons (Fsp3) is 0.316. The summed E-state index contributed by atoms with van der Waals surface area (Å²) in [6.45, 7) is 0.938. The van der Waals surface area contributed by atoms with Crippen LogP contribution in [0.2, 0.25) is 0 Å². The van der Waals surface area contributed by atoms with Gasteiger partial charge in [-0.3, -0.25) is 4.98 Å². The minimum Gasteiger partial charge on any atom is -0.382 e. The predicted molar refractivity (Wildman–Crippen MR) is 91.7 cm³/mol. The van der Waals surface area contributed by atoms with Crippen molar-refractivity contribution in [1.29, 1.82) is 0 Å². The maximum Gasteiger partial charge on any atom is 0.117 e. The van der Waals surface area contributed by atoms with Gasteiger partial charge in [-0.15, -0.1) is 5.10 Å². The van der Waals surface area contributed by atoms with Gasteiger partial charge in [-0.25, -0.2) is 0 Å². The van der Waals surface area contributed by atoms with Crippen LogP contribution in [0.25, 0.3) is 22.0 Å². The molecule has 1 aromatic heterocycles. The molecular formula is C19H18N4. The van der Waals surface area contributed by atoms with Crippen LogP contribution < -0.4 is 5.32 Å². The molecule has 4 aliphatic rings. The van der Waals surface area contributed by atoms with Gasteiger partial charge in [-0.05, 0) is 31.2 Å². The second kappa shape index (κ2) is 5.01. The SMILES string of the molecule is C1=CCC(C2CNc3c4c2ncc-4ccc2ccnnc32)CC1. The van der Waals surface area contributed by atoms with E-state index in [0.29, 0.717) is 11.8 Å². The van der Waals surface area contributed by atoms with E-state index in [1.807, 2.05) is 12.3 Å². The van der Waals surface area contributed by atoms with Gasteiger partial charge in [0.15, 0.2) is 0 Å². The van der Waals surface area contributed by atoms with Crippen molar-refractivity contribution in [3.8, 4) is 11.1 Å². The molecule has 2 atom stereocenters. The summed E-state index contributed by atoms with van der Waals surface area (Å²) in [5.74, 6) is 1.17. The van der Waals surface area contributed by atoms with Gasteiger partial charge in [0.25, 0.3) is 0 Å². The molecule has 114 valence electrons. The van der Waals surface area contributed by atoms with E-state index >= 15 is 0 Å². The highest BCUT2D eigenvalue weighted by Crippen LogP contribution is 2.46. The quantitative estimate of drug-likeness (QED) is 0.690. The molecule has 0 bridgehead atoms. The predicted octanol–water partition coefficient (Wildman–Crippen LogP) is 4.00. The second-order valence-corrected chi connectivity index (χ2v) is 6.55. The highest BCUT2D eigenvalue weighted by Gasteiger charge is 2.33. The molecular weight excluding hydrogens is 284 g/mol. The fourth-order valence-corrected chi connectivity index (χ4v) is 4.12. The van der Waals surface area contributed by atoms with Crippen LogP contribution in [0, 0.1) is 5.92 Å². The summed E-state index contributed by atoms with van der Waals surface area (Å²) < 4.78 is 0. The number of fused-ring (bicyclic) bond motifs is 2. The second-order valence-electron chi connectivity index (χ2n) is 6.55. The number of anilines is 1. The minimum absolute atomic E-state index is 0.485. The minimum atomic E-state index is 0.485. The number of nitrogens with one attached hydrogen (secondary N) is 1. The van der Waals surface area contributed by atoms with Crippen molar-refractivity contribution < 1.29 is 0 Å².